The third-order valence-corrected chi connectivity index (χ3v) is 3.90. The first kappa shape index (κ1) is 14.2. The number of rotatable bonds is 6. The number of nitrogens with one attached hydrogen (secondary N) is 1. The lowest BCUT2D eigenvalue weighted by Gasteiger charge is -2.08. The van der Waals surface area contributed by atoms with E-state index in [1.165, 1.54) is 0 Å². The number of ether oxygens (including phenoxy) is 1. The molecule has 3 rings (SSSR count). The van der Waals surface area contributed by atoms with Crippen LogP contribution in [0, 0.1) is 0 Å². The van der Waals surface area contributed by atoms with Crippen molar-refractivity contribution in [3.05, 3.63) is 24.0 Å². The standard InChI is InChI=1S/C15H18ClN3O2/c1-21-11-4-5-13-12(8-11)18-14(9-16)19(13)7-6-15(20)17-10-2-3-10/h4-5,8,10H,2-3,6-7,9H2,1H3,(H,17,20). The fourth-order valence-corrected chi connectivity index (χ4v) is 2.58. The molecule has 0 unspecified atom stereocenters. The molecule has 21 heavy (non-hydrogen) atoms. The molecule has 1 aliphatic rings. The second-order valence-electron chi connectivity index (χ2n) is 5.26. The molecular formula is C15H18ClN3O2. The zero-order chi connectivity index (χ0) is 14.8. The highest BCUT2D eigenvalue weighted by atomic mass is 35.5. The highest BCUT2D eigenvalue weighted by molar-refractivity contribution is 6.16. The Morgan fingerprint density at radius 3 is 3.00 bits per heavy atom. The van der Waals surface area contributed by atoms with Crippen LogP contribution in [0.2, 0.25) is 0 Å². The molecule has 0 saturated heterocycles. The van der Waals surface area contributed by atoms with Gasteiger partial charge in [0.15, 0.2) is 0 Å². The van der Waals surface area contributed by atoms with Crippen LogP contribution in [0.4, 0.5) is 0 Å². The Morgan fingerprint density at radius 2 is 2.33 bits per heavy atom. The quantitative estimate of drug-likeness (QED) is 0.834. The summed E-state index contributed by atoms with van der Waals surface area (Å²) in [5.41, 5.74) is 1.82. The number of hydrogen-bond donors (Lipinski definition) is 1. The molecule has 0 aliphatic heterocycles. The fourth-order valence-electron chi connectivity index (χ4n) is 2.38. The molecular weight excluding hydrogens is 290 g/mol. The topological polar surface area (TPSA) is 56.2 Å². The van der Waals surface area contributed by atoms with E-state index in [0.29, 0.717) is 24.9 Å². The number of nitrogens with zero attached hydrogens (tertiary/aromatic N) is 2. The van der Waals surface area contributed by atoms with E-state index in [4.69, 9.17) is 16.3 Å². The largest absolute Gasteiger partial charge is 0.497 e. The van der Waals surface area contributed by atoms with E-state index >= 15 is 0 Å². The van der Waals surface area contributed by atoms with Gasteiger partial charge in [-0.1, -0.05) is 0 Å². The zero-order valence-corrected chi connectivity index (χ0v) is 12.7. The van der Waals surface area contributed by atoms with Crippen LogP contribution in [0.15, 0.2) is 18.2 Å². The third-order valence-electron chi connectivity index (χ3n) is 3.66. The van der Waals surface area contributed by atoms with E-state index in [9.17, 15) is 4.79 Å². The van der Waals surface area contributed by atoms with Crippen molar-refractivity contribution < 1.29 is 9.53 Å². The number of amides is 1. The number of aryl methyl sites for hydroxylation is 1. The third kappa shape index (κ3) is 3.13. The maximum absolute atomic E-state index is 11.8. The molecule has 112 valence electrons. The van der Waals surface area contributed by atoms with Crippen molar-refractivity contribution in [1.82, 2.24) is 14.9 Å². The van der Waals surface area contributed by atoms with Crippen molar-refractivity contribution in [3.63, 3.8) is 0 Å². The predicted octanol–water partition coefficient (Wildman–Crippen LogP) is 2.45. The number of imidazole rings is 1. The van der Waals surface area contributed by atoms with E-state index in [0.717, 1.165) is 35.4 Å². The Hall–Kier alpha value is -1.75. The average molecular weight is 308 g/mol. The van der Waals surface area contributed by atoms with Gasteiger partial charge in [0.05, 0.1) is 24.0 Å². The molecule has 0 atom stereocenters. The Morgan fingerprint density at radius 1 is 1.52 bits per heavy atom. The van der Waals surface area contributed by atoms with Gasteiger partial charge in [-0.2, -0.15) is 0 Å². The first-order chi connectivity index (χ1) is 10.2. The van der Waals surface area contributed by atoms with Crippen LogP contribution in [0.3, 0.4) is 0 Å². The van der Waals surface area contributed by atoms with E-state index in [1.54, 1.807) is 7.11 Å². The molecule has 1 heterocycles. The molecule has 1 aromatic heterocycles. The number of fused-ring (bicyclic) bond motifs is 1. The number of carbonyl (C=O) groups excluding carboxylic acids is 1. The van der Waals surface area contributed by atoms with E-state index in [2.05, 4.69) is 10.3 Å². The van der Waals surface area contributed by atoms with Crippen molar-refractivity contribution in [3.8, 4) is 5.75 Å². The highest BCUT2D eigenvalue weighted by Gasteiger charge is 2.23. The Balaban J connectivity index is 1.80. The predicted molar refractivity (Wildman–Crippen MR) is 81.6 cm³/mol. The number of hydrogen-bond acceptors (Lipinski definition) is 3. The van der Waals surface area contributed by atoms with Gasteiger partial charge in [-0.3, -0.25) is 4.79 Å². The molecule has 5 nitrogen and oxygen atoms in total. The lowest BCUT2D eigenvalue weighted by molar-refractivity contribution is -0.121. The molecule has 1 saturated carbocycles. The minimum atomic E-state index is 0.0911. The molecule has 1 N–H and O–H groups in total. The van der Waals surface area contributed by atoms with Crippen LogP contribution in [-0.4, -0.2) is 28.6 Å². The number of methoxy groups -OCH3 is 1. The van der Waals surface area contributed by atoms with Crippen molar-refractivity contribution in [2.24, 2.45) is 0 Å². The normalized spacial score (nSPS) is 14.4. The summed E-state index contributed by atoms with van der Waals surface area (Å²) in [7, 11) is 1.63. The smallest absolute Gasteiger partial charge is 0.222 e. The van der Waals surface area contributed by atoms with Crippen LogP contribution in [-0.2, 0) is 17.2 Å². The minimum absolute atomic E-state index is 0.0911. The molecule has 1 amide bonds. The SMILES string of the molecule is COc1ccc2c(c1)nc(CCl)n2CCC(=O)NC1CC1. The van der Waals surface area contributed by atoms with E-state index in [1.807, 2.05) is 22.8 Å². The minimum Gasteiger partial charge on any atom is -0.497 e. The monoisotopic (exact) mass is 307 g/mol. The van der Waals surface area contributed by atoms with E-state index in [-0.39, 0.29) is 5.91 Å². The molecule has 2 aromatic rings. The summed E-state index contributed by atoms with van der Waals surface area (Å²) < 4.78 is 7.22. The number of halogens is 1. The van der Waals surface area contributed by atoms with Gasteiger partial charge in [-0.15, -0.1) is 11.6 Å². The molecule has 6 heteroatoms. The van der Waals surface area contributed by atoms with Crippen LogP contribution in [0.25, 0.3) is 11.0 Å². The summed E-state index contributed by atoms with van der Waals surface area (Å²) in [6.07, 6.45) is 2.65. The summed E-state index contributed by atoms with van der Waals surface area (Å²) in [6.45, 7) is 0.587. The Labute approximate surface area is 128 Å². The van der Waals surface area contributed by atoms with Gasteiger partial charge in [0, 0.05) is 25.1 Å². The fraction of sp³-hybridized carbons (Fsp3) is 0.467. The van der Waals surface area contributed by atoms with Crippen LogP contribution >= 0.6 is 11.6 Å². The summed E-state index contributed by atoms with van der Waals surface area (Å²) in [6, 6.07) is 6.12. The van der Waals surface area contributed by atoms with Gasteiger partial charge in [0.25, 0.3) is 0 Å². The molecule has 0 spiro atoms. The summed E-state index contributed by atoms with van der Waals surface area (Å²) in [5.74, 6) is 1.95. The average Bonchev–Trinajstić information content (AvgIpc) is 3.23. The van der Waals surface area contributed by atoms with Gasteiger partial charge < -0.3 is 14.6 Å². The number of alkyl halides is 1. The zero-order valence-electron chi connectivity index (χ0n) is 11.9. The number of carbonyl (C=O) groups is 1. The van der Waals surface area contributed by atoms with Gasteiger partial charge >= 0.3 is 0 Å². The molecule has 0 bridgehead atoms. The van der Waals surface area contributed by atoms with Gasteiger partial charge in [0.2, 0.25) is 5.91 Å². The van der Waals surface area contributed by atoms with Gasteiger partial charge in [0.1, 0.15) is 11.6 Å². The highest BCUT2D eigenvalue weighted by Crippen LogP contribution is 2.23. The van der Waals surface area contributed by atoms with Crippen molar-refractivity contribution in [2.75, 3.05) is 7.11 Å². The number of aromatic nitrogens is 2. The second-order valence-corrected chi connectivity index (χ2v) is 5.53. The van der Waals surface area contributed by atoms with Crippen LogP contribution in [0.1, 0.15) is 25.1 Å². The second kappa shape index (κ2) is 5.93. The first-order valence-corrected chi connectivity index (χ1v) is 7.63. The molecule has 1 fully saturated rings. The molecule has 1 aromatic carbocycles. The molecule has 1 aliphatic carbocycles. The van der Waals surface area contributed by atoms with Crippen LogP contribution in [0.5, 0.6) is 5.75 Å². The maximum atomic E-state index is 11.8. The van der Waals surface area contributed by atoms with Crippen molar-refractivity contribution in [1.29, 1.82) is 0 Å². The summed E-state index contributed by atoms with van der Waals surface area (Å²) in [4.78, 5) is 16.3. The van der Waals surface area contributed by atoms with Gasteiger partial charge in [-0.05, 0) is 25.0 Å². The van der Waals surface area contributed by atoms with Crippen LogP contribution < -0.4 is 10.1 Å². The Kier molecular flexibility index (Phi) is 4.01. The maximum Gasteiger partial charge on any atom is 0.222 e. The van der Waals surface area contributed by atoms with E-state index < -0.39 is 0 Å². The number of benzene rings is 1. The lowest BCUT2D eigenvalue weighted by Crippen LogP contribution is -2.26. The van der Waals surface area contributed by atoms with Crippen molar-refractivity contribution in [2.45, 2.75) is 37.7 Å². The lowest BCUT2D eigenvalue weighted by atomic mass is 10.3. The summed E-state index contributed by atoms with van der Waals surface area (Å²) >= 11 is 5.97. The first-order valence-electron chi connectivity index (χ1n) is 7.09. The summed E-state index contributed by atoms with van der Waals surface area (Å²) in [5, 5.41) is 2.99. The Bertz CT molecular complexity index is 664. The molecule has 0 radical (unpaired) electrons. The van der Waals surface area contributed by atoms with Gasteiger partial charge in [-0.25, -0.2) is 4.98 Å². The van der Waals surface area contributed by atoms with Crippen molar-refractivity contribution >= 4 is 28.5 Å².